The quantitative estimate of drug-likeness (QED) is 0.701. The molecule has 0 radical (unpaired) electrons. The maximum absolute atomic E-state index is 13.3. The first-order valence-corrected chi connectivity index (χ1v) is 10.6. The lowest BCUT2D eigenvalue weighted by Gasteiger charge is -2.26. The third-order valence-electron chi connectivity index (χ3n) is 4.38. The number of nitrogens with one attached hydrogen (secondary N) is 1. The smallest absolute Gasteiger partial charge is 0.264 e. The molecule has 2 rings (SSSR count). The van der Waals surface area contributed by atoms with Crippen molar-refractivity contribution in [1.82, 2.24) is 5.32 Å². The van der Waals surface area contributed by atoms with Crippen molar-refractivity contribution in [2.45, 2.75) is 45.4 Å². The zero-order valence-electron chi connectivity index (χ0n) is 16.5. The number of benzene rings is 2. The van der Waals surface area contributed by atoms with E-state index in [1.54, 1.807) is 30.3 Å². The zero-order chi connectivity index (χ0) is 20.0. The number of carbonyl (C=O) groups is 1. The van der Waals surface area contributed by atoms with Crippen molar-refractivity contribution in [2.24, 2.45) is 0 Å². The van der Waals surface area contributed by atoms with Crippen LogP contribution in [0.2, 0.25) is 0 Å². The molecule has 27 heavy (non-hydrogen) atoms. The van der Waals surface area contributed by atoms with Crippen LogP contribution in [0, 0.1) is 20.8 Å². The Balaban J connectivity index is 2.44. The minimum Gasteiger partial charge on any atom is -0.355 e. The Morgan fingerprint density at radius 3 is 2.26 bits per heavy atom. The van der Waals surface area contributed by atoms with E-state index in [9.17, 15) is 13.2 Å². The number of hydrogen-bond acceptors (Lipinski definition) is 3. The van der Waals surface area contributed by atoms with E-state index in [1.807, 2.05) is 39.8 Å². The number of nitrogens with zero attached hydrogens (tertiary/aromatic N) is 1. The molecule has 0 spiro atoms. The Hall–Kier alpha value is -2.34. The molecule has 1 N–H and O–H groups in total. The van der Waals surface area contributed by atoms with E-state index in [2.05, 4.69) is 5.32 Å². The Bertz CT molecular complexity index is 890. The summed E-state index contributed by atoms with van der Waals surface area (Å²) < 4.78 is 27.8. The molecular formula is C21H28N2O3S. The van der Waals surface area contributed by atoms with Crippen LogP contribution in [0.1, 0.15) is 36.5 Å². The summed E-state index contributed by atoms with van der Waals surface area (Å²) in [6.45, 7) is 7.99. The van der Waals surface area contributed by atoms with Crippen LogP contribution in [0.5, 0.6) is 0 Å². The molecule has 0 unspecified atom stereocenters. The maximum atomic E-state index is 13.3. The number of carbonyl (C=O) groups excluding carboxylic acids is 1. The fourth-order valence-electron chi connectivity index (χ4n) is 2.72. The highest BCUT2D eigenvalue weighted by Gasteiger charge is 2.28. The van der Waals surface area contributed by atoms with Crippen molar-refractivity contribution in [1.29, 1.82) is 0 Å². The van der Waals surface area contributed by atoms with Gasteiger partial charge < -0.3 is 5.32 Å². The molecule has 0 aliphatic rings. The first-order chi connectivity index (χ1) is 12.8. The summed E-state index contributed by atoms with van der Waals surface area (Å²) in [6, 6.07) is 12.3. The number of rotatable bonds is 8. The van der Waals surface area contributed by atoms with Gasteiger partial charge in [0, 0.05) is 6.54 Å². The maximum Gasteiger partial charge on any atom is 0.264 e. The highest BCUT2D eigenvalue weighted by molar-refractivity contribution is 7.92. The second-order valence-corrected chi connectivity index (χ2v) is 8.68. The van der Waals surface area contributed by atoms with Crippen molar-refractivity contribution in [3.8, 4) is 0 Å². The summed E-state index contributed by atoms with van der Waals surface area (Å²) in [5.41, 5.74) is 3.24. The molecule has 146 valence electrons. The summed E-state index contributed by atoms with van der Waals surface area (Å²) in [4.78, 5) is 12.6. The topological polar surface area (TPSA) is 66.5 Å². The third kappa shape index (κ3) is 5.32. The molecule has 0 aliphatic heterocycles. The predicted molar refractivity (Wildman–Crippen MR) is 110 cm³/mol. The molecule has 0 saturated heterocycles. The number of sulfonamides is 1. The number of unbranched alkanes of at least 4 members (excludes halogenated alkanes) is 1. The molecular weight excluding hydrogens is 360 g/mol. The Labute approximate surface area is 162 Å². The summed E-state index contributed by atoms with van der Waals surface area (Å²) >= 11 is 0. The third-order valence-corrected chi connectivity index (χ3v) is 6.16. The van der Waals surface area contributed by atoms with Gasteiger partial charge in [0.25, 0.3) is 10.0 Å². The molecule has 2 aromatic carbocycles. The molecule has 0 saturated carbocycles. The molecule has 2 aromatic rings. The van der Waals surface area contributed by atoms with E-state index in [0.29, 0.717) is 12.2 Å². The summed E-state index contributed by atoms with van der Waals surface area (Å²) in [7, 11) is -3.86. The molecule has 6 heteroatoms. The minimum absolute atomic E-state index is 0.176. The molecule has 0 bridgehead atoms. The van der Waals surface area contributed by atoms with Crippen LogP contribution in [0.15, 0.2) is 47.4 Å². The van der Waals surface area contributed by atoms with E-state index in [-0.39, 0.29) is 17.3 Å². The summed E-state index contributed by atoms with van der Waals surface area (Å²) in [5, 5.41) is 2.81. The number of hydrogen-bond donors (Lipinski definition) is 1. The normalized spacial score (nSPS) is 11.3. The Morgan fingerprint density at radius 2 is 1.63 bits per heavy atom. The molecule has 5 nitrogen and oxygen atoms in total. The van der Waals surface area contributed by atoms with E-state index in [4.69, 9.17) is 0 Å². The lowest BCUT2D eigenvalue weighted by Crippen LogP contribution is -2.41. The first kappa shape index (κ1) is 21.0. The average Bonchev–Trinajstić information content (AvgIpc) is 2.62. The van der Waals surface area contributed by atoms with Crippen molar-refractivity contribution >= 4 is 21.6 Å². The van der Waals surface area contributed by atoms with E-state index < -0.39 is 10.0 Å². The fraction of sp³-hybridized carbons (Fsp3) is 0.381. The SMILES string of the molecule is CCCCNC(=O)CN(c1cc(C)ccc1C)S(=O)(=O)c1ccc(C)cc1. The molecule has 0 fully saturated rings. The van der Waals surface area contributed by atoms with Gasteiger partial charge in [-0.3, -0.25) is 9.10 Å². The van der Waals surface area contributed by atoms with Crippen LogP contribution in [0.3, 0.4) is 0 Å². The average molecular weight is 389 g/mol. The predicted octanol–water partition coefficient (Wildman–Crippen LogP) is 3.72. The fourth-order valence-corrected chi connectivity index (χ4v) is 4.19. The summed E-state index contributed by atoms with van der Waals surface area (Å²) in [6.07, 6.45) is 1.82. The first-order valence-electron chi connectivity index (χ1n) is 9.19. The van der Waals surface area contributed by atoms with Crippen LogP contribution >= 0.6 is 0 Å². The van der Waals surface area contributed by atoms with Crippen molar-refractivity contribution in [3.05, 3.63) is 59.2 Å². The molecule has 0 atom stereocenters. The van der Waals surface area contributed by atoms with Gasteiger partial charge in [-0.25, -0.2) is 8.42 Å². The van der Waals surface area contributed by atoms with Gasteiger partial charge in [-0.1, -0.05) is 43.2 Å². The highest BCUT2D eigenvalue weighted by atomic mass is 32.2. The van der Waals surface area contributed by atoms with Crippen molar-refractivity contribution < 1.29 is 13.2 Å². The largest absolute Gasteiger partial charge is 0.355 e. The minimum atomic E-state index is -3.86. The van der Waals surface area contributed by atoms with Crippen LogP contribution in [0.25, 0.3) is 0 Å². The number of aryl methyl sites for hydroxylation is 3. The lowest BCUT2D eigenvalue weighted by atomic mass is 10.1. The Kier molecular flexibility index (Phi) is 7.02. The number of anilines is 1. The van der Waals surface area contributed by atoms with Crippen LogP contribution in [0.4, 0.5) is 5.69 Å². The van der Waals surface area contributed by atoms with Crippen molar-refractivity contribution in [2.75, 3.05) is 17.4 Å². The summed E-state index contributed by atoms with van der Waals surface area (Å²) in [5.74, 6) is -0.306. The van der Waals surface area contributed by atoms with Gasteiger partial charge >= 0.3 is 0 Å². The van der Waals surface area contributed by atoms with E-state index in [0.717, 1.165) is 29.5 Å². The second kappa shape index (κ2) is 9.04. The van der Waals surface area contributed by atoms with Crippen LogP contribution < -0.4 is 9.62 Å². The standard InChI is InChI=1S/C21H28N2O3S/c1-5-6-13-22-21(24)15-23(20-14-17(3)7-10-18(20)4)27(25,26)19-11-8-16(2)9-12-19/h7-12,14H,5-6,13,15H2,1-4H3,(H,22,24). The van der Waals surface area contributed by atoms with Gasteiger partial charge in [0.2, 0.25) is 5.91 Å². The lowest BCUT2D eigenvalue weighted by molar-refractivity contribution is -0.119. The molecule has 0 aromatic heterocycles. The highest BCUT2D eigenvalue weighted by Crippen LogP contribution is 2.28. The van der Waals surface area contributed by atoms with Gasteiger partial charge in [0.1, 0.15) is 6.54 Å². The zero-order valence-corrected chi connectivity index (χ0v) is 17.3. The monoisotopic (exact) mass is 388 g/mol. The molecule has 1 amide bonds. The van der Waals surface area contributed by atoms with Crippen LogP contribution in [-0.2, 0) is 14.8 Å². The molecule has 0 heterocycles. The van der Waals surface area contributed by atoms with Gasteiger partial charge in [-0.15, -0.1) is 0 Å². The van der Waals surface area contributed by atoms with E-state index in [1.165, 1.54) is 4.31 Å². The second-order valence-electron chi connectivity index (χ2n) is 6.82. The number of amides is 1. The van der Waals surface area contributed by atoms with E-state index >= 15 is 0 Å². The van der Waals surface area contributed by atoms with Crippen LogP contribution in [-0.4, -0.2) is 27.4 Å². The Morgan fingerprint density at radius 1 is 1.00 bits per heavy atom. The van der Waals surface area contributed by atoms with Gasteiger partial charge in [0.05, 0.1) is 10.6 Å². The van der Waals surface area contributed by atoms with Crippen molar-refractivity contribution in [3.63, 3.8) is 0 Å². The van der Waals surface area contributed by atoms with Gasteiger partial charge in [0.15, 0.2) is 0 Å². The molecule has 0 aliphatic carbocycles. The van der Waals surface area contributed by atoms with Gasteiger partial charge in [-0.2, -0.15) is 0 Å². The van der Waals surface area contributed by atoms with Gasteiger partial charge in [-0.05, 0) is 56.5 Å².